The van der Waals surface area contributed by atoms with Gasteiger partial charge < -0.3 is 0 Å². The quantitative estimate of drug-likeness (QED) is 0.519. The molecule has 98 valence electrons. The first kappa shape index (κ1) is 15.2. The summed E-state index contributed by atoms with van der Waals surface area (Å²) >= 11 is 0. The predicted octanol–water partition coefficient (Wildman–Crippen LogP) is 5.29. The Bertz CT molecular complexity index is 445. The summed E-state index contributed by atoms with van der Waals surface area (Å²) in [6.07, 6.45) is 2.17. The van der Waals surface area contributed by atoms with Gasteiger partial charge >= 0.3 is 0 Å². The second-order valence-electron chi connectivity index (χ2n) is 7.07. The summed E-state index contributed by atoms with van der Waals surface area (Å²) in [6, 6.07) is 8.68. The Morgan fingerprint density at radius 3 is 1.72 bits per heavy atom. The van der Waals surface area contributed by atoms with Crippen molar-refractivity contribution in [2.75, 3.05) is 0 Å². The van der Waals surface area contributed by atoms with Crippen LogP contribution in [0.25, 0.3) is 6.08 Å². The summed E-state index contributed by atoms with van der Waals surface area (Å²) in [5, 5.41) is 0. The van der Waals surface area contributed by atoms with E-state index in [4.69, 9.17) is 0 Å². The van der Waals surface area contributed by atoms with Gasteiger partial charge in [0.05, 0.1) is 16.1 Å². The lowest BCUT2D eigenvalue weighted by Gasteiger charge is -2.29. The van der Waals surface area contributed by atoms with Crippen LogP contribution in [0.2, 0.25) is 39.3 Å². The van der Waals surface area contributed by atoms with E-state index in [0.717, 1.165) is 0 Å². The summed E-state index contributed by atoms with van der Waals surface area (Å²) in [6.45, 7) is 16.7. The van der Waals surface area contributed by atoms with E-state index >= 15 is 0 Å². The monoisotopic (exact) mass is 274 g/mol. The smallest absolute Gasteiger partial charge is 0.0773 e. The van der Waals surface area contributed by atoms with Crippen LogP contribution < -0.4 is 0 Å². The van der Waals surface area contributed by atoms with Crippen LogP contribution in [0.4, 0.5) is 0 Å². The zero-order valence-corrected chi connectivity index (χ0v) is 14.9. The van der Waals surface area contributed by atoms with Crippen LogP contribution in [-0.4, -0.2) is 16.1 Å². The van der Waals surface area contributed by atoms with Gasteiger partial charge in [-0.25, -0.2) is 0 Å². The molecule has 1 aromatic carbocycles. The van der Waals surface area contributed by atoms with E-state index in [-0.39, 0.29) is 0 Å². The van der Waals surface area contributed by atoms with Crippen LogP contribution in [0.1, 0.15) is 11.1 Å². The fraction of sp³-hybridized carbons (Fsp3) is 0.438. The average molecular weight is 275 g/mol. The highest BCUT2D eigenvalue weighted by atomic mass is 28.4. The molecule has 0 atom stereocenters. The van der Waals surface area contributed by atoms with E-state index in [1.165, 1.54) is 11.1 Å². The molecule has 0 heterocycles. The van der Waals surface area contributed by atoms with E-state index in [0.29, 0.717) is 0 Å². The van der Waals surface area contributed by atoms with Gasteiger partial charge in [-0.2, -0.15) is 0 Å². The molecular weight excluding hydrogens is 248 g/mol. The summed E-state index contributed by atoms with van der Waals surface area (Å²) < 4.78 is 0. The number of aryl methyl sites for hydroxylation is 1. The summed E-state index contributed by atoms with van der Waals surface area (Å²) in [7, 11) is -2.50. The van der Waals surface area contributed by atoms with Crippen molar-refractivity contribution >= 4 is 22.2 Å². The molecule has 0 saturated carbocycles. The normalized spacial score (nSPS) is 11.9. The second kappa shape index (κ2) is 5.44. The van der Waals surface area contributed by atoms with E-state index in [9.17, 15) is 0 Å². The predicted molar refractivity (Wildman–Crippen MR) is 89.4 cm³/mol. The van der Waals surface area contributed by atoms with Gasteiger partial charge in [0, 0.05) is 0 Å². The van der Waals surface area contributed by atoms with Gasteiger partial charge in [0.2, 0.25) is 0 Å². The van der Waals surface area contributed by atoms with E-state index in [2.05, 4.69) is 82.3 Å². The third kappa shape index (κ3) is 4.45. The second-order valence-corrected chi connectivity index (χ2v) is 17.6. The van der Waals surface area contributed by atoms with Gasteiger partial charge in [0.1, 0.15) is 0 Å². The van der Waals surface area contributed by atoms with Crippen LogP contribution in [0.5, 0.6) is 0 Å². The SMILES string of the molecule is Cc1ccc(C=C=C([Si](C)(C)C)[Si](C)(C)C)cc1. The zero-order chi connectivity index (χ0) is 14.0. The molecule has 2 heteroatoms. The lowest BCUT2D eigenvalue weighted by Crippen LogP contribution is -2.39. The van der Waals surface area contributed by atoms with Crippen molar-refractivity contribution < 1.29 is 0 Å². The Kier molecular flexibility index (Phi) is 4.60. The Hall–Kier alpha value is -0.826. The van der Waals surface area contributed by atoms with E-state index < -0.39 is 16.1 Å². The van der Waals surface area contributed by atoms with Crippen LogP contribution in [0.15, 0.2) is 34.8 Å². The molecule has 0 bridgehead atoms. The molecule has 0 amide bonds. The van der Waals surface area contributed by atoms with Crippen molar-refractivity contribution in [2.24, 2.45) is 0 Å². The Morgan fingerprint density at radius 2 is 1.33 bits per heavy atom. The first-order chi connectivity index (χ1) is 8.10. The highest BCUT2D eigenvalue weighted by Crippen LogP contribution is 2.24. The Morgan fingerprint density at radius 1 is 0.889 bits per heavy atom. The minimum atomic E-state index is -1.25. The Balaban J connectivity index is 3.21. The number of hydrogen-bond acceptors (Lipinski definition) is 0. The zero-order valence-electron chi connectivity index (χ0n) is 12.9. The molecule has 0 fully saturated rings. The summed E-state index contributed by atoms with van der Waals surface area (Å²) in [4.78, 5) is 1.63. The fourth-order valence-electron chi connectivity index (χ4n) is 2.38. The molecule has 0 radical (unpaired) electrons. The lowest BCUT2D eigenvalue weighted by molar-refractivity contribution is 1.46. The van der Waals surface area contributed by atoms with Crippen molar-refractivity contribution in [1.29, 1.82) is 0 Å². The van der Waals surface area contributed by atoms with Gasteiger partial charge in [-0.1, -0.05) is 73.9 Å². The van der Waals surface area contributed by atoms with Crippen molar-refractivity contribution in [1.82, 2.24) is 0 Å². The number of rotatable bonds is 3. The van der Waals surface area contributed by atoms with Gasteiger partial charge in [0.15, 0.2) is 0 Å². The molecule has 0 N–H and O–H groups in total. The maximum absolute atomic E-state index is 3.65. The lowest BCUT2D eigenvalue weighted by atomic mass is 10.1. The largest absolute Gasteiger partial charge is 0.130 e. The molecule has 0 spiro atoms. The van der Waals surface area contributed by atoms with Crippen LogP contribution in [-0.2, 0) is 0 Å². The first-order valence-electron chi connectivity index (χ1n) is 6.65. The highest BCUT2D eigenvalue weighted by molar-refractivity contribution is 7.04. The van der Waals surface area contributed by atoms with E-state index in [1.54, 1.807) is 4.82 Å². The van der Waals surface area contributed by atoms with Crippen molar-refractivity contribution in [3.63, 3.8) is 0 Å². The number of benzene rings is 1. The summed E-state index contributed by atoms with van der Waals surface area (Å²) in [5.74, 6) is 0. The Labute approximate surface area is 114 Å². The molecule has 18 heavy (non-hydrogen) atoms. The fourth-order valence-corrected chi connectivity index (χ4v) is 12.4. The van der Waals surface area contributed by atoms with Crippen LogP contribution in [0, 0.1) is 6.92 Å². The molecule has 0 unspecified atom stereocenters. The third-order valence-electron chi connectivity index (χ3n) is 2.96. The average Bonchev–Trinajstić information content (AvgIpc) is 2.17. The highest BCUT2D eigenvalue weighted by Gasteiger charge is 2.30. The summed E-state index contributed by atoms with van der Waals surface area (Å²) in [5.41, 5.74) is 6.22. The van der Waals surface area contributed by atoms with E-state index in [1.807, 2.05) is 0 Å². The van der Waals surface area contributed by atoms with Crippen LogP contribution >= 0.6 is 0 Å². The van der Waals surface area contributed by atoms with Gasteiger partial charge in [-0.3, -0.25) is 0 Å². The van der Waals surface area contributed by atoms with Gasteiger partial charge in [0.25, 0.3) is 0 Å². The third-order valence-corrected chi connectivity index (χ3v) is 10.7. The minimum absolute atomic E-state index is 1.25. The van der Waals surface area contributed by atoms with Crippen LogP contribution in [0.3, 0.4) is 0 Å². The molecule has 0 nitrogen and oxygen atoms in total. The van der Waals surface area contributed by atoms with Gasteiger partial charge in [-0.15, -0.1) is 5.73 Å². The van der Waals surface area contributed by atoms with Crippen molar-refractivity contribution in [3.8, 4) is 0 Å². The molecule has 0 saturated heterocycles. The standard InChI is InChI=1S/C16H26Si2/c1-14-8-10-15(11-9-14)12-13-16(17(2,3)4)18(5,6)7/h8-12H,1-7H3. The molecule has 0 aliphatic heterocycles. The maximum Gasteiger partial charge on any atom is 0.0773 e. The molecule has 0 aliphatic rings. The van der Waals surface area contributed by atoms with Crippen molar-refractivity contribution in [2.45, 2.75) is 46.2 Å². The van der Waals surface area contributed by atoms with Gasteiger partial charge in [-0.05, 0) is 18.6 Å². The molecule has 1 aromatic rings. The van der Waals surface area contributed by atoms with Crippen molar-refractivity contribution in [3.05, 3.63) is 45.9 Å². The molecule has 0 aliphatic carbocycles. The maximum atomic E-state index is 3.65. The minimum Gasteiger partial charge on any atom is -0.130 e. The first-order valence-corrected chi connectivity index (χ1v) is 13.6. The molecular formula is C16H26Si2. The molecule has 0 aromatic heterocycles. The number of hydrogen-bond donors (Lipinski definition) is 0. The molecule has 1 rings (SSSR count). The topological polar surface area (TPSA) is 0 Å².